The van der Waals surface area contributed by atoms with Crippen molar-refractivity contribution in [3.05, 3.63) is 29.3 Å². The fraction of sp³-hybridized carbons (Fsp3) is 0.533. The molecule has 1 fully saturated rings. The van der Waals surface area contributed by atoms with E-state index in [1.54, 1.807) is 6.20 Å². The van der Waals surface area contributed by atoms with Gasteiger partial charge >= 0.3 is 0 Å². The van der Waals surface area contributed by atoms with Crippen molar-refractivity contribution in [1.82, 2.24) is 19.6 Å². The molecule has 1 aliphatic carbocycles. The van der Waals surface area contributed by atoms with Crippen LogP contribution >= 0.6 is 0 Å². The van der Waals surface area contributed by atoms with Gasteiger partial charge in [-0.05, 0) is 32.1 Å². The lowest BCUT2D eigenvalue weighted by molar-refractivity contribution is 0.102. The molecule has 0 aromatic carbocycles. The maximum Gasteiger partial charge on any atom is 0.259 e. The van der Waals surface area contributed by atoms with Gasteiger partial charge in [-0.25, -0.2) is 0 Å². The van der Waals surface area contributed by atoms with E-state index < -0.39 is 0 Å². The van der Waals surface area contributed by atoms with E-state index in [1.807, 2.05) is 15.6 Å². The molecule has 1 saturated carbocycles. The Balaban J connectivity index is 1.56. The van der Waals surface area contributed by atoms with Gasteiger partial charge in [0.1, 0.15) is 0 Å². The van der Waals surface area contributed by atoms with E-state index in [-0.39, 0.29) is 12.5 Å². The number of rotatable bonds is 4. The molecule has 0 atom stereocenters. The Bertz CT molecular complexity index is 712. The number of carbonyl (C=O) groups is 1. The number of hydrogen-bond acceptors (Lipinski definition) is 4. The van der Waals surface area contributed by atoms with Crippen molar-refractivity contribution < 1.29 is 4.79 Å². The number of fused-ring (bicyclic) bond motifs is 1. The highest BCUT2D eigenvalue weighted by atomic mass is 16.1. The molecule has 116 valence electrons. The standard InChI is InChI=1S/C15H20N6O/c16-7-12-14(13-5-2-6-20(13)19-12)15(22)18-10-8-17-21(9-10)11-3-1-4-11/h8-9,11H,1-7,16H2,(H,18,22). The first kappa shape index (κ1) is 13.5. The molecule has 0 radical (unpaired) electrons. The number of hydrogen-bond donors (Lipinski definition) is 2. The predicted molar refractivity (Wildman–Crippen MR) is 81.5 cm³/mol. The van der Waals surface area contributed by atoms with Crippen molar-refractivity contribution in [2.45, 2.75) is 51.2 Å². The van der Waals surface area contributed by atoms with Gasteiger partial charge in [0.25, 0.3) is 5.91 Å². The molecule has 3 N–H and O–H groups in total. The second-order valence-corrected chi connectivity index (χ2v) is 6.05. The summed E-state index contributed by atoms with van der Waals surface area (Å²) in [5.74, 6) is -0.128. The quantitative estimate of drug-likeness (QED) is 0.894. The topological polar surface area (TPSA) is 90.8 Å². The number of amides is 1. The lowest BCUT2D eigenvalue weighted by atomic mass is 9.93. The fourth-order valence-corrected chi connectivity index (χ4v) is 3.24. The van der Waals surface area contributed by atoms with Gasteiger partial charge in [-0.1, -0.05) is 0 Å². The van der Waals surface area contributed by atoms with E-state index >= 15 is 0 Å². The highest BCUT2D eigenvalue weighted by molar-refractivity contribution is 6.05. The lowest BCUT2D eigenvalue weighted by Gasteiger charge is -2.25. The summed E-state index contributed by atoms with van der Waals surface area (Å²) in [5, 5.41) is 11.7. The van der Waals surface area contributed by atoms with E-state index in [1.165, 1.54) is 19.3 Å². The Morgan fingerprint density at radius 3 is 3.00 bits per heavy atom. The molecule has 2 aliphatic rings. The van der Waals surface area contributed by atoms with Crippen molar-refractivity contribution in [2.24, 2.45) is 5.73 Å². The average molecular weight is 300 g/mol. The number of nitrogens with one attached hydrogen (secondary N) is 1. The van der Waals surface area contributed by atoms with Crippen LogP contribution in [0.15, 0.2) is 12.4 Å². The summed E-state index contributed by atoms with van der Waals surface area (Å²) in [6.45, 7) is 1.15. The Morgan fingerprint density at radius 2 is 2.27 bits per heavy atom. The third-order valence-corrected chi connectivity index (χ3v) is 4.64. The molecule has 0 bridgehead atoms. The first-order valence-corrected chi connectivity index (χ1v) is 7.90. The summed E-state index contributed by atoms with van der Waals surface area (Å²) < 4.78 is 3.86. The van der Waals surface area contributed by atoms with E-state index in [4.69, 9.17) is 5.73 Å². The third-order valence-electron chi connectivity index (χ3n) is 4.64. The largest absolute Gasteiger partial charge is 0.325 e. The molecule has 2 aromatic rings. The van der Waals surface area contributed by atoms with Gasteiger partial charge in [-0.15, -0.1) is 0 Å². The molecule has 0 unspecified atom stereocenters. The Labute approximate surface area is 128 Å². The molecule has 22 heavy (non-hydrogen) atoms. The van der Waals surface area contributed by atoms with Crippen LogP contribution in [0.4, 0.5) is 5.69 Å². The van der Waals surface area contributed by atoms with E-state index in [2.05, 4.69) is 15.5 Å². The Hall–Kier alpha value is -2.15. The zero-order valence-corrected chi connectivity index (χ0v) is 12.5. The number of carbonyl (C=O) groups excluding carboxylic acids is 1. The first-order chi connectivity index (χ1) is 10.8. The Morgan fingerprint density at radius 1 is 1.41 bits per heavy atom. The summed E-state index contributed by atoms with van der Waals surface area (Å²) >= 11 is 0. The van der Waals surface area contributed by atoms with Crippen LogP contribution in [-0.4, -0.2) is 25.5 Å². The minimum absolute atomic E-state index is 0.128. The third kappa shape index (κ3) is 2.12. The molecule has 2 aromatic heterocycles. The van der Waals surface area contributed by atoms with Crippen LogP contribution in [0.25, 0.3) is 0 Å². The van der Waals surface area contributed by atoms with Crippen molar-refractivity contribution in [3.63, 3.8) is 0 Å². The van der Waals surface area contributed by atoms with Gasteiger partial charge in [0.15, 0.2) is 0 Å². The number of nitrogens with zero attached hydrogens (tertiary/aromatic N) is 4. The number of anilines is 1. The van der Waals surface area contributed by atoms with E-state index in [9.17, 15) is 4.79 Å². The van der Waals surface area contributed by atoms with Gasteiger partial charge in [0.05, 0.1) is 34.9 Å². The predicted octanol–water partition coefficient (Wildman–Crippen LogP) is 1.46. The molecule has 1 aliphatic heterocycles. The molecule has 0 spiro atoms. The average Bonchev–Trinajstić information content (AvgIpc) is 3.11. The summed E-state index contributed by atoms with van der Waals surface area (Å²) in [7, 11) is 0. The van der Waals surface area contributed by atoms with Crippen LogP contribution in [0.1, 0.15) is 53.5 Å². The number of aryl methyl sites for hydroxylation is 1. The summed E-state index contributed by atoms with van der Waals surface area (Å²) in [6.07, 6.45) is 9.14. The molecular formula is C15H20N6O. The summed E-state index contributed by atoms with van der Waals surface area (Å²) in [4.78, 5) is 12.6. The molecule has 7 nitrogen and oxygen atoms in total. The lowest BCUT2D eigenvalue weighted by Crippen LogP contribution is -2.18. The van der Waals surface area contributed by atoms with Gasteiger partial charge < -0.3 is 11.1 Å². The zero-order chi connectivity index (χ0) is 15.1. The van der Waals surface area contributed by atoms with Gasteiger partial charge in [0.2, 0.25) is 0 Å². The maximum atomic E-state index is 12.6. The van der Waals surface area contributed by atoms with Crippen LogP contribution in [0, 0.1) is 0 Å². The Kier molecular flexibility index (Phi) is 3.22. The molecule has 4 rings (SSSR count). The summed E-state index contributed by atoms with van der Waals surface area (Å²) in [5.41, 5.74) is 8.81. The normalized spacial score (nSPS) is 17.3. The first-order valence-electron chi connectivity index (χ1n) is 7.90. The van der Waals surface area contributed by atoms with Gasteiger partial charge in [0, 0.05) is 19.3 Å². The maximum absolute atomic E-state index is 12.6. The molecule has 7 heteroatoms. The second kappa shape index (κ2) is 5.24. The smallest absolute Gasteiger partial charge is 0.259 e. The molecule has 0 saturated heterocycles. The molecule has 1 amide bonds. The van der Waals surface area contributed by atoms with Gasteiger partial charge in [-0.3, -0.25) is 14.2 Å². The van der Waals surface area contributed by atoms with Crippen molar-refractivity contribution in [1.29, 1.82) is 0 Å². The number of aromatic nitrogens is 4. The van der Waals surface area contributed by atoms with Crippen LogP contribution in [0.3, 0.4) is 0 Å². The van der Waals surface area contributed by atoms with Crippen LogP contribution in [-0.2, 0) is 19.5 Å². The van der Waals surface area contributed by atoms with Crippen LogP contribution in [0.2, 0.25) is 0 Å². The number of nitrogens with two attached hydrogens (primary N) is 1. The van der Waals surface area contributed by atoms with Crippen molar-refractivity contribution in [2.75, 3.05) is 5.32 Å². The minimum atomic E-state index is -0.128. The second-order valence-electron chi connectivity index (χ2n) is 6.05. The zero-order valence-electron chi connectivity index (χ0n) is 12.5. The van der Waals surface area contributed by atoms with Crippen LogP contribution in [0.5, 0.6) is 0 Å². The fourth-order valence-electron chi connectivity index (χ4n) is 3.24. The summed E-state index contributed by atoms with van der Waals surface area (Å²) in [6, 6.07) is 0.491. The van der Waals surface area contributed by atoms with E-state index in [0.717, 1.165) is 30.8 Å². The van der Waals surface area contributed by atoms with Gasteiger partial charge in [-0.2, -0.15) is 10.2 Å². The van der Waals surface area contributed by atoms with Crippen LogP contribution < -0.4 is 11.1 Å². The highest BCUT2D eigenvalue weighted by Crippen LogP contribution is 2.31. The molecular weight excluding hydrogens is 280 g/mol. The van der Waals surface area contributed by atoms with E-state index in [0.29, 0.717) is 17.3 Å². The highest BCUT2D eigenvalue weighted by Gasteiger charge is 2.26. The minimum Gasteiger partial charge on any atom is -0.325 e. The molecule has 3 heterocycles. The monoisotopic (exact) mass is 300 g/mol. The van der Waals surface area contributed by atoms with Crippen molar-refractivity contribution >= 4 is 11.6 Å². The van der Waals surface area contributed by atoms with Crippen molar-refractivity contribution in [3.8, 4) is 0 Å². The SMILES string of the molecule is NCc1nn2c(c1C(=O)Nc1cnn(C3CCC3)c1)CCC2.